The van der Waals surface area contributed by atoms with E-state index in [-0.39, 0.29) is 11.8 Å². The van der Waals surface area contributed by atoms with Crippen molar-refractivity contribution in [3.05, 3.63) is 48.5 Å². The van der Waals surface area contributed by atoms with E-state index >= 15 is 0 Å². The molecule has 1 spiro atoms. The van der Waals surface area contributed by atoms with Gasteiger partial charge in [-0.2, -0.15) is 0 Å². The summed E-state index contributed by atoms with van der Waals surface area (Å²) >= 11 is 0. The molecule has 142 valence electrons. The number of aromatic nitrogens is 3. The highest BCUT2D eigenvalue weighted by Crippen LogP contribution is 2.39. The van der Waals surface area contributed by atoms with Gasteiger partial charge in [-0.3, -0.25) is 9.59 Å². The van der Waals surface area contributed by atoms with E-state index in [1.165, 1.54) is 0 Å². The Morgan fingerprint density at radius 1 is 1.04 bits per heavy atom. The van der Waals surface area contributed by atoms with E-state index in [1.54, 1.807) is 17.2 Å². The van der Waals surface area contributed by atoms with Crippen molar-refractivity contribution in [1.82, 2.24) is 24.6 Å². The van der Waals surface area contributed by atoms with Crippen LogP contribution in [0.1, 0.15) is 37.7 Å². The predicted molar refractivity (Wildman–Crippen MR) is 99.4 cm³/mol. The van der Waals surface area contributed by atoms with Crippen LogP contribution in [0, 0.1) is 0 Å². The lowest BCUT2D eigenvalue weighted by Crippen LogP contribution is -2.61. The van der Waals surface area contributed by atoms with E-state index in [9.17, 15) is 9.59 Å². The molecule has 2 fully saturated rings. The molecular weight excluding hydrogens is 342 g/mol. The molecule has 27 heavy (non-hydrogen) atoms. The van der Waals surface area contributed by atoms with Gasteiger partial charge >= 0.3 is 0 Å². The fraction of sp³-hybridized carbons (Fsp3) is 0.500. The number of nitrogens with zero attached hydrogens (tertiary/aromatic N) is 5. The Morgan fingerprint density at radius 2 is 1.74 bits per heavy atom. The molecular formula is C20H25N5O2. The highest BCUT2D eigenvalue weighted by atomic mass is 16.2. The molecule has 0 N–H and O–H groups in total. The van der Waals surface area contributed by atoms with Gasteiger partial charge < -0.3 is 14.4 Å². The maximum absolute atomic E-state index is 13.4. The summed E-state index contributed by atoms with van der Waals surface area (Å²) in [6.07, 6.45) is 6.97. The average Bonchev–Trinajstić information content (AvgIpc) is 3.35. The minimum Gasteiger partial charge on any atom is -0.336 e. The van der Waals surface area contributed by atoms with E-state index < -0.39 is 5.54 Å². The van der Waals surface area contributed by atoms with Gasteiger partial charge in [0.2, 0.25) is 11.8 Å². The van der Waals surface area contributed by atoms with Gasteiger partial charge in [0.15, 0.2) is 0 Å². The largest absolute Gasteiger partial charge is 0.336 e. The molecule has 1 aromatic heterocycles. The minimum atomic E-state index is -0.642. The third-order valence-electron chi connectivity index (χ3n) is 5.76. The fourth-order valence-electron chi connectivity index (χ4n) is 4.44. The average molecular weight is 367 g/mol. The number of carbonyl (C=O) groups is 2. The predicted octanol–water partition coefficient (Wildman–Crippen LogP) is 1.85. The topological polar surface area (TPSA) is 71.3 Å². The van der Waals surface area contributed by atoms with Crippen LogP contribution in [-0.4, -0.2) is 55.0 Å². The quantitative estimate of drug-likeness (QED) is 0.809. The molecule has 1 aromatic carbocycles. The molecule has 1 unspecified atom stereocenters. The van der Waals surface area contributed by atoms with Crippen LogP contribution in [0.2, 0.25) is 0 Å². The number of amides is 2. The lowest BCUT2D eigenvalue weighted by atomic mass is 9.85. The summed E-state index contributed by atoms with van der Waals surface area (Å²) in [4.78, 5) is 30.1. The first-order valence-corrected chi connectivity index (χ1v) is 9.65. The molecule has 0 aliphatic carbocycles. The second-order valence-electron chi connectivity index (χ2n) is 7.45. The lowest BCUT2D eigenvalue weighted by molar-refractivity contribution is -0.156. The Hall–Kier alpha value is -2.70. The summed E-state index contributed by atoms with van der Waals surface area (Å²) in [5, 5.41) is 7.54. The molecule has 7 nitrogen and oxygen atoms in total. The van der Waals surface area contributed by atoms with Crippen LogP contribution in [0.3, 0.4) is 0 Å². The van der Waals surface area contributed by atoms with Crippen LogP contribution >= 0.6 is 0 Å². The molecule has 1 atom stereocenters. The number of likely N-dealkylation sites (tertiary alicyclic amines) is 2. The summed E-state index contributed by atoms with van der Waals surface area (Å²) in [5.74, 6) is 0.170. The van der Waals surface area contributed by atoms with E-state index in [4.69, 9.17) is 0 Å². The first-order chi connectivity index (χ1) is 13.2. The van der Waals surface area contributed by atoms with Crippen LogP contribution in [0.15, 0.2) is 43.0 Å². The smallest absolute Gasteiger partial charge is 0.248 e. The maximum Gasteiger partial charge on any atom is 0.248 e. The van der Waals surface area contributed by atoms with Gasteiger partial charge in [-0.05, 0) is 31.2 Å². The molecule has 0 radical (unpaired) electrons. The van der Waals surface area contributed by atoms with Crippen LogP contribution in [0.5, 0.6) is 0 Å². The number of hydrogen-bond donors (Lipinski definition) is 0. The number of rotatable bonds is 5. The number of carbonyl (C=O) groups excluding carboxylic acids is 2. The summed E-state index contributed by atoms with van der Waals surface area (Å²) in [5.41, 5.74) is 0.489. The molecule has 2 saturated heterocycles. The van der Waals surface area contributed by atoms with E-state index in [2.05, 4.69) is 10.2 Å². The fourth-order valence-corrected chi connectivity index (χ4v) is 4.44. The molecule has 0 bridgehead atoms. The third-order valence-corrected chi connectivity index (χ3v) is 5.76. The molecule has 2 amide bonds. The van der Waals surface area contributed by atoms with Gasteiger partial charge in [0.1, 0.15) is 18.2 Å². The van der Waals surface area contributed by atoms with Gasteiger partial charge in [0.05, 0.1) is 0 Å². The monoisotopic (exact) mass is 367 g/mol. The Kier molecular flexibility index (Phi) is 4.92. The van der Waals surface area contributed by atoms with Crippen molar-refractivity contribution in [3.63, 3.8) is 0 Å². The van der Waals surface area contributed by atoms with Gasteiger partial charge in [-0.1, -0.05) is 30.3 Å². The number of hydrogen-bond acceptors (Lipinski definition) is 4. The van der Waals surface area contributed by atoms with Crippen molar-refractivity contribution in [2.75, 3.05) is 13.1 Å². The summed E-state index contributed by atoms with van der Waals surface area (Å²) < 4.78 is 1.80. The van der Waals surface area contributed by atoms with Crippen molar-refractivity contribution in [3.8, 4) is 0 Å². The van der Waals surface area contributed by atoms with Crippen LogP contribution in [0.4, 0.5) is 0 Å². The zero-order valence-corrected chi connectivity index (χ0v) is 15.5. The van der Waals surface area contributed by atoms with Gasteiger partial charge in [-0.15, -0.1) is 10.2 Å². The second kappa shape index (κ2) is 7.50. The Labute approximate surface area is 159 Å². The normalized spacial score (nSPS) is 22.6. The van der Waals surface area contributed by atoms with Crippen LogP contribution in [0.25, 0.3) is 0 Å². The molecule has 2 aliphatic heterocycles. The lowest BCUT2D eigenvalue weighted by Gasteiger charge is -2.44. The second-order valence-corrected chi connectivity index (χ2v) is 7.45. The SMILES string of the molecule is O=C(CCn1cnnc1)N1CCCC12CCCN(Cc1ccccc1)C2=O. The molecule has 0 saturated carbocycles. The van der Waals surface area contributed by atoms with Crippen molar-refractivity contribution in [2.24, 2.45) is 0 Å². The summed E-state index contributed by atoms with van der Waals surface area (Å²) in [6, 6.07) is 10.1. The zero-order chi connectivity index (χ0) is 18.7. The van der Waals surface area contributed by atoms with Crippen molar-refractivity contribution >= 4 is 11.8 Å². The number of benzene rings is 1. The van der Waals surface area contributed by atoms with Gasteiger partial charge in [0.25, 0.3) is 0 Å². The molecule has 2 aromatic rings. The van der Waals surface area contributed by atoms with Crippen LogP contribution in [-0.2, 0) is 22.7 Å². The molecule has 2 aliphatic rings. The first-order valence-electron chi connectivity index (χ1n) is 9.65. The Balaban J connectivity index is 1.47. The minimum absolute atomic E-state index is 0.0520. The van der Waals surface area contributed by atoms with Crippen molar-refractivity contribution in [1.29, 1.82) is 0 Å². The third kappa shape index (κ3) is 3.46. The highest BCUT2D eigenvalue weighted by Gasteiger charge is 2.52. The van der Waals surface area contributed by atoms with Crippen molar-refractivity contribution in [2.45, 2.75) is 50.7 Å². The van der Waals surface area contributed by atoms with Gasteiger partial charge in [0, 0.05) is 32.6 Å². The zero-order valence-electron chi connectivity index (χ0n) is 15.5. The standard InChI is InChI=1S/C20H25N5O2/c26-18(8-13-23-15-21-22-16-23)25-12-5-10-20(25)9-4-11-24(19(20)27)14-17-6-2-1-3-7-17/h1-3,6-7,15-16H,4-5,8-14H2. The van der Waals surface area contributed by atoms with Crippen molar-refractivity contribution < 1.29 is 9.59 Å². The van der Waals surface area contributed by atoms with E-state index in [0.717, 1.165) is 37.8 Å². The number of piperidine rings is 1. The van der Waals surface area contributed by atoms with E-state index in [0.29, 0.717) is 26.1 Å². The highest BCUT2D eigenvalue weighted by molar-refractivity contribution is 5.92. The summed E-state index contributed by atoms with van der Waals surface area (Å²) in [7, 11) is 0. The molecule has 7 heteroatoms. The first kappa shape index (κ1) is 17.7. The molecule has 4 rings (SSSR count). The van der Waals surface area contributed by atoms with Crippen LogP contribution < -0.4 is 0 Å². The summed E-state index contributed by atoms with van der Waals surface area (Å²) in [6.45, 7) is 2.59. The Bertz CT molecular complexity index is 792. The maximum atomic E-state index is 13.4. The molecule has 3 heterocycles. The van der Waals surface area contributed by atoms with E-state index in [1.807, 2.05) is 40.1 Å². The Morgan fingerprint density at radius 3 is 2.48 bits per heavy atom. The number of aryl methyl sites for hydroxylation is 1. The van der Waals surface area contributed by atoms with Gasteiger partial charge in [-0.25, -0.2) is 0 Å².